The minimum absolute atomic E-state index is 0.00338. The molecule has 3 aliphatic rings. The Bertz CT molecular complexity index is 1020. The number of fused-ring (bicyclic) bond motifs is 3. The number of carbonyl (C=O) groups is 2. The van der Waals surface area contributed by atoms with Crippen LogP contribution in [0.2, 0.25) is 0 Å². The van der Waals surface area contributed by atoms with E-state index in [0.717, 1.165) is 11.1 Å². The Labute approximate surface area is 196 Å². The van der Waals surface area contributed by atoms with Crippen molar-refractivity contribution in [1.29, 1.82) is 0 Å². The van der Waals surface area contributed by atoms with Crippen molar-refractivity contribution in [2.75, 3.05) is 0 Å². The Morgan fingerprint density at radius 2 is 1.91 bits per heavy atom. The number of ether oxygens (including phenoxy) is 2. The van der Waals surface area contributed by atoms with Gasteiger partial charge in [-0.25, -0.2) is 0 Å². The highest BCUT2D eigenvalue weighted by Crippen LogP contribution is 2.48. The molecular weight excluding hydrogens is 416 g/mol. The second-order valence-corrected chi connectivity index (χ2v) is 10.3. The van der Waals surface area contributed by atoms with Gasteiger partial charge in [0, 0.05) is 5.92 Å². The first-order chi connectivity index (χ1) is 15.5. The van der Waals surface area contributed by atoms with E-state index in [1.54, 1.807) is 18.2 Å². The normalized spacial score (nSPS) is 37.4. The molecule has 2 heterocycles. The molecule has 176 valence electrons. The molecule has 1 N–H and O–H groups in total. The van der Waals surface area contributed by atoms with Gasteiger partial charge in [-0.15, -0.1) is 0 Å². The topological polar surface area (TPSA) is 72.8 Å². The Morgan fingerprint density at radius 1 is 1.21 bits per heavy atom. The van der Waals surface area contributed by atoms with E-state index in [4.69, 9.17) is 9.47 Å². The number of benzene rings is 1. The molecule has 5 heteroatoms. The zero-order chi connectivity index (χ0) is 24.0. The van der Waals surface area contributed by atoms with Crippen LogP contribution in [0.1, 0.15) is 46.6 Å². The Balaban J connectivity index is 1.71. The Kier molecular flexibility index (Phi) is 6.23. The summed E-state index contributed by atoms with van der Waals surface area (Å²) < 4.78 is 12.2. The van der Waals surface area contributed by atoms with Crippen LogP contribution < -0.4 is 0 Å². The van der Waals surface area contributed by atoms with Crippen molar-refractivity contribution in [2.24, 2.45) is 23.7 Å². The van der Waals surface area contributed by atoms with Gasteiger partial charge in [0.05, 0.1) is 6.42 Å². The number of ketones is 1. The summed E-state index contributed by atoms with van der Waals surface area (Å²) >= 11 is 0. The molecule has 1 aliphatic carbocycles. The van der Waals surface area contributed by atoms with Gasteiger partial charge in [0.15, 0.2) is 5.78 Å². The lowest BCUT2D eigenvalue weighted by Gasteiger charge is -2.40. The highest BCUT2D eigenvalue weighted by atomic mass is 16.7. The molecule has 0 saturated heterocycles. The van der Waals surface area contributed by atoms with Gasteiger partial charge in [0.2, 0.25) is 5.79 Å². The minimum atomic E-state index is -1.59. The summed E-state index contributed by atoms with van der Waals surface area (Å²) in [5.41, 5.74) is 1.53. The molecule has 0 spiro atoms. The van der Waals surface area contributed by atoms with Gasteiger partial charge in [-0.2, -0.15) is 0 Å². The molecule has 0 unspecified atom stereocenters. The fourth-order valence-corrected chi connectivity index (χ4v) is 5.57. The molecule has 0 fully saturated rings. The average molecular weight is 451 g/mol. The predicted molar refractivity (Wildman–Crippen MR) is 126 cm³/mol. The first-order valence-electron chi connectivity index (χ1n) is 11.8. The van der Waals surface area contributed by atoms with Crippen molar-refractivity contribution in [2.45, 2.75) is 65.0 Å². The number of hydrogen-bond acceptors (Lipinski definition) is 5. The standard InChI is InChI=1S/C28H34O5/c1-17(2)26-22-14-19(4)28(31)12-11-27(5,33-28)24(16-21(22)18(3)13-23(26)29)32-25(30)15-20-9-7-6-8-10-20/h6-14,17,21-22,24,26,31H,15-16H2,1-5H3/b19-14+/t21-,22+,24-,26-,27+,28-/m0/s1. The van der Waals surface area contributed by atoms with Gasteiger partial charge in [-0.05, 0) is 74.3 Å². The molecule has 4 rings (SSSR count). The summed E-state index contributed by atoms with van der Waals surface area (Å²) in [6.45, 7) is 9.77. The molecule has 1 aromatic carbocycles. The lowest BCUT2D eigenvalue weighted by atomic mass is 9.65. The summed E-state index contributed by atoms with van der Waals surface area (Å²) in [5, 5.41) is 11.3. The van der Waals surface area contributed by atoms with E-state index < -0.39 is 17.5 Å². The first-order valence-corrected chi connectivity index (χ1v) is 11.8. The molecule has 5 nitrogen and oxygen atoms in total. The molecule has 33 heavy (non-hydrogen) atoms. The van der Waals surface area contributed by atoms with Crippen molar-refractivity contribution in [3.05, 3.63) is 71.3 Å². The fraction of sp³-hybridized carbons (Fsp3) is 0.500. The maximum atomic E-state index is 13.0. The van der Waals surface area contributed by atoms with Crippen molar-refractivity contribution in [1.82, 2.24) is 0 Å². The number of esters is 1. The van der Waals surface area contributed by atoms with Crippen LogP contribution >= 0.6 is 0 Å². The summed E-state index contributed by atoms with van der Waals surface area (Å²) in [6, 6.07) is 9.49. The first kappa shape index (κ1) is 23.7. The van der Waals surface area contributed by atoms with E-state index in [2.05, 4.69) is 13.8 Å². The van der Waals surface area contributed by atoms with E-state index in [1.165, 1.54) is 0 Å². The zero-order valence-electron chi connectivity index (χ0n) is 20.1. The molecular formula is C28H34O5. The summed E-state index contributed by atoms with van der Waals surface area (Å²) in [4.78, 5) is 25.9. The molecule has 6 atom stereocenters. The van der Waals surface area contributed by atoms with Gasteiger partial charge in [-0.1, -0.05) is 55.8 Å². The molecule has 0 amide bonds. The average Bonchev–Trinajstić information content (AvgIpc) is 3.07. The lowest BCUT2D eigenvalue weighted by molar-refractivity contribution is -0.215. The van der Waals surface area contributed by atoms with Crippen LogP contribution in [0.15, 0.2) is 65.8 Å². The maximum absolute atomic E-state index is 13.0. The predicted octanol–water partition coefficient (Wildman–Crippen LogP) is 4.56. The van der Waals surface area contributed by atoms with Gasteiger partial charge in [0.1, 0.15) is 11.7 Å². The smallest absolute Gasteiger partial charge is 0.310 e. The molecule has 0 saturated carbocycles. The van der Waals surface area contributed by atoms with E-state index in [-0.39, 0.29) is 41.8 Å². The van der Waals surface area contributed by atoms with Crippen molar-refractivity contribution in [3.8, 4) is 0 Å². The van der Waals surface area contributed by atoms with Crippen LogP contribution in [0, 0.1) is 23.7 Å². The van der Waals surface area contributed by atoms with Crippen LogP contribution in [0.25, 0.3) is 0 Å². The van der Waals surface area contributed by atoms with Crippen molar-refractivity contribution >= 4 is 11.8 Å². The largest absolute Gasteiger partial charge is 0.459 e. The van der Waals surface area contributed by atoms with Gasteiger partial charge < -0.3 is 14.6 Å². The van der Waals surface area contributed by atoms with Crippen LogP contribution in [0.4, 0.5) is 0 Å². The van der Waals surface area contributed by atoms with Crippen LogP contribution in [-0.2, 0) is 25.5 Å². The van der Waals surface area contributed by atoms with E-state index >= 15 is 0 Å². The molecule has 1 aromatic rings. The quantitative estimate of drug-likeness (QED) is 0.538. The summed E-state index contributed by atoms with van der Waals surface area (Å²) in [6.07, 6.45) is 7.25. The second kappa shape index (κ2) is 8.69. The fourth-order valence-electron chi connectivity index (χ4n) is 5.57. The molecule has 2 bridgehead atoms. The minimum Gasteiger partial charge on any atom is -0.459 e. The zero-order valence-corrected chi connectivity index (χ0v) is 20.1. The van der Waals surface area contributed by atoms with Gasteiger partial charge in [-0.3, -0.25) is 9.59 Å². The van der Waals surface area contributed by atoms with E-state index in [0.29, 0.717) is 12.0 Å². The number of allylic oxidation sites excluding steroid dienone is 3. The highest BCUT2D eigenvalue weighted by Gasteiger charge is 2.52. The number of aliphatic hydroxyl groups is 1. The van der Waals surface area contributed by atoms with Crippen LogP contribution in [0.5, 0.6) is 0 Å². The van der Waals surface area contributed by atoms with Crippen LogP contribution in [-0.4, -0.2) is 34.4 Å². The Morgan fingerprint density at radius 3 is 2.58 bits per heavy atom. The summed E-state index contributed by atoms with van der Waals surface area (Å²) in [5.74, 6) is -1.99. The third-order valence-corrected chi connectivity index (χ3v) is 7.48. The monoisotopic (exact) mass is 450 g/mol. The number of rotatable bonds is 4. The highest BCUT2D eigenvalue weighted by molar-refractivity contribution is 5.94. The van der Waals surface area contributed by atoms with Crippen LogP contribution in [0.3, 0.4) is 0 Å². The number of carbonyl (C=O) groups excluding carboxylic acids is 2. The molecule has 2 aliphatic heterocycles. The maximum Gasteiger partial charge on any atom is 0.310 e. The Hall–Kier alpha value is -2.50. The lowest BCUT2D eigenvalue weighted by Crippen LogP contribution is -2.47. The SMILES string of the molecule is CC1=CC(=O)[C@@H](C(C)C)[C@@H]2/C=C(\C)[C@]3(O)C=C[C@@](C)(O3)[C@@H](OC(=O)Cc3ccccc3)C[C@@H]12. The number of hydrogen-bond donors (Lipinski definition) is 1. The molecule has 0 aromatic heterocycles. The van der Waals surface area contributed by atoms with Gasteiger partial charge in [0.25, 0.3) is 0 Å². The third kappa shape index (κ3) is 4.49. The second-order valence-electron chi connectivity index (χ2n) is 10.3. The van der Waals surface area contributed by atoms with Gasteiger partial charge >= 0.3 is 5.97 Å². The van der Waals surface area contributed by atoms with E-state index in [1.807, 2.05) is 57.2 Å². The van der Waals surface area contributed by atoms with Crippen molar-refractivity contribution < 1.29 is 24.2 Å². The van der Waals surface area contributed by atoms with E-state index in [9.17, 15) is 14.7 Å². The molecule has 0 radical (unpaired) electrons. The third-order valence-electron chi connectivity index (χ3n) is 7.48. The van der Waals surface area contributed by atoms with Crippen molar-refractivity contribution in [3.63, 3.8) is 0 Å². The summed E-state index contributed by atoms with van der Waals surface area (Å²) in [7, 11) is 0.